The molecule has 1 N–H and O–H groups in total. The van der Waals surface area contributed by atoms with Crippen molar-refractivity contribution >= 4 is 11.8 Å². The normalized spacial score (nSPS) is 10.4. The lowest BCUT2D eigenvalue weighted by Gasteiger charge is -2.02. The van der Waals surface area contributed by atoms with Crippen LogP contribution >= 0.6 is 0 Å². The standard InChI is InChI=1S/C17H12FN3O3/c1-10(22)19-16(23)12-6-4-5-11(9-12)15-20-17(24-21-15)13-7-2-3-8-14(13)18/h2-9H,1H3,(H,19,22,23). The van der Waals surface area contributed by atoms with Crippen LogP contribution in [0.3, 0.4) is 0 Å². The second kappa shape index (κ2) is 6.41. The molecule has 0 aliphatic rings. The highest BCUT2D eigenvalue weighted by Gasteiger charge is 2.15. The molecular weight excluding hydrogens is 313 g/mol. The van der Waals surface area contributed by atoms with Gasteiger partial charge in [0.05, 0.1) is 5.56 Å². The van der Waals surface area contributed by atoms with Crippen molar-refractivity contribution in [1.82, 2.24) is 15.5 Å². The summed E-state index contributed by atoms with van der Waals surface area (Å²) in [5, 5.41) is 6.00. The van der Waals surface area contributed by atoms with E-state index in [1.165, 1.54) is 25.1 Å². The monoisotopic (exact) mass is 325 g/mol. The molecule has 0 atom stereocenters. The largest absolute Gasteiger partial charge is 0.334 e. The number of halogens is 1. The van der Waals surface area contributed by atoms with Gasteiger partial charge in [0.15, 0.2) is 0 Å². The Morgan fingerprint density at radius 1 is 1.12 bits per heavy atom. The number of nitrogens with zero attached hydrogens (tertiary/aromatic N) is 2. The van der Waals surface area contributed by atoms with Crippen LogP contribution in [0.25, 0.3) is 22.8 Å². The Bertz CT molecular complexity index is 921. The molecule has 6 nitrogen and oxygen atoms in total. The number of benzene rings is 2. The van der Waals surface area contributed by atoms with Gasteiger partial charge in [0.25, 0.3) is 11.8 Å². The molecular formula is C17H12FN3O3. The predicted molar refractivity (Wildman–Crippen MR) is 83.3 cm³/mol. The number of carbonyl (C=O) groups is 2. The Labute approximate surface area is 136 Å². The maximum absolute atomic E-state index is 13.8. The average molecular weight is 325 g/mol. The third-order valence-corrected chi connectivity index (χ3v) is 3.20. The SMILES string of the molecule is CC(=O)NC(=O)c1cccc(-c2noc(-c3ccccc3F)n2)c1. The molecule has 1 heterocycles. The van der Waals surface area contributed by atoms with Crippen molar-refractivity contribution in [2.75, 3.05) is 0 Å². The minimum absolute atomic E-state index is 0.0432. The molecule has 120 valence electrons. The molecule has 2 aromatic carbocycles. The van der Waals surface area contributed by atoms with E-state index in [1.54, 1.807) is 30.3 Å². The van der Waals surface area contributed by atoms with Crippen LogP contribution in [-0.2, 0) is 4.79 Å². The first-order valence-electron chi connectivity index (χ1n) is 7.05. The van der Waals surface area contributed by atoms with Crippen molar-refractivity contribution in [3.8, 4) is 22.8 Å². The summed E-state index contributed by atoms with van der Waals surface area (Å²) in [6, 6.07) is 12.4. The van der Waals surface area contributed by atoms with Crippen molar-refractivity contribution in [2.45, 2.75) is 6.92 Å². The van der Waals surface area contributed by atoms with Crippen LogP contribution in [0.2, 0.25) is 0 Å². The lowest BCUT2D eigenvalue weighted by atomic mass is 10.1. The van der Waals surface area contributed by atoms with Crippen LogP contribution in [0.5, 0.6) is 0 Å². The van der Waals surface area contributed by atoms with E-state index in [0.717, 1.165) is 0 Å². The van der Waals surface area contributed by atoms with E-state index in [4.69, 9.17) is 4.52 Å². The van der Waals surface area contributed by atoms with Crippen LogP contribution in [0.15, 0.2) is 53.1 Å². The quantitative estimate of drug-likeness (QED) is 0.800. The van der Waals surface area contributed by atoms with Crippen LogP contribution in [0.4, 0.5) is 4.39 Å². The molecule has 0 aliphatic carbocycles. The number of rotatable bonds is 3. The van der Waals surface area contributed by atoms with E-state index in [1.807, 2.05) is 0 Å². The summed E-state index contributed by atoms with van der Waals surface area (Å²) in [5.41, 5.74) is 0.985. The number of hydrogen-bond donors (Lipinski definition) is 1. The van der Waals surface area contributed by atoms with E-state index in [-0.39, 0.29) is 22.8 Å². The van der Waals surface area contributed by atoms with E-state index < -0.39 is 17.6 Å². The minimum Gasteiger partial charge on any atom is -0.334 e. The first kappa shape index (κ1) is 15.5. The van der Waals surface area contributed by atoms with Crippen LogP contribution in [0.1, 0.15) is 17.3 Å². The highest BCUT2D eigenvalue weighted by atomic mass is 19.1. The van der Waals surface area contributed by atoms with Gasteiger partial charge in [0, 0.05) is 18.1 Å². The number of imide groups is 1. The molecule has 0 saturated carbocycles. The zero-order valence-corrected chi connectivity index (χ0v) is 12.6. The third-order valence-electron chi connectivity index (χ3n) is 3.20. The second-order valence-electron chi connectivity index (χ2n) is 4.99. The zero-order chi connectivity index (χ0) is 17.1. The molecule has 0 aliphatic heterocycles. The number of hydrogen-bond acceptors (Lipinski definition) is 5. The number of aromatic nitrogens is 2. The fourth-order valence-electron chi connectivity index (χ4n) is 2.12. The van der Waals surface area contributed by atoms with Gasteiger partial charge < -0.3 is 4.52 Å². The lowest BCUT2D eigenvalue weighted by Crippen LogP contribution is -2.27. The Hall–Kier alpha value is -3.35. The van der Waals surface area contributed by atoms with Crippen LogP contribution in [-0.4, -0.2) is 22.0 Å². The Balaban J connectivity index is 1.92. The fraction of sp³-hybridized carbons (Fsp3) is 0.0588. The van der Waals surface area contributed by atoms with Gasteiger partial charge in [-0.15, -0.1) is 0 Å². The van der Waals surface area contributed by atoms with Gasteiger partial charge in [-0.1, -0.05) is 29.4 Å². The lowest BCUT2D eigenvalue weighted by molar-refractivity contribution is -0.118. The van der Waals surface area contributed by atoms with Gasteiger partial charge in [-0.3, -0.25) is 14.9 Å². The Morgan fingerprint density at radius 3 is 2.67 bits per heavy atom. The molecule has 0 fully saturated rings. The van der Waals surface area contributed by atoms with Gasteiger partial charge in [-0.2, -0.15) is 4.98 Å². The summed E-state index contributed by atoms with van der Waals surface area (Å²) >= 11 is 0. The zero-order valence-electron chi connectivity index (χ0n) is 12.6. The maximum Gasteiger partial charge on any atom is 0.261 e. The average Bonchev–Trinajstić information content (AvgIpc) is 3.04. The Kier molecular flexibility index (Phi) is 4.15. The highest BCUT2D eigenvalue weighted by molar-refractivity contribution is 6.04. The molecule has 0 saturated heterocycles. The summed E-state index contributed by atoms with van der Waals surface area (Å²) < 4.78 is 18.9. The van der Waals surface area contributed by atoms with Gasteiger partial charge in [-0.05, 0) is 24.3 Å². The molecule has 0 unspecified atom stereocenters. The second-order valence-corrected chi connectivity index (χ2v) is 4.99. The number of carbonyl (C=O) groups excluding carboxylic acids is 2. The van der Waals surface area contributed by atoms with Crippen molar-refractivity contribution in [3.05, 3.63) is 59.9 Å². The summed E-state index contributed by atoms with van der Waals surface area (Å²) in [6.07, 6.45) is 0. The molecule has 3 rings (SSSR count). The van der Waals surface area contributed by atoms with E-state index in [0.29, 0.717) is 5.56 Å². The summed E-state index contributed by atoms with van der Waals surface area (Å²) in [7, 11) is 0. The van der Waals surface area contributed by atoms with Crippen molar-refractivity contribution in [2.24, 2.45) is 0 Å². The topological polar surface area (TPSA) is 85.1 Å². The summed E-state index contributed by atoms with van der Waals surface area (Å²) in [4.78, 5) is 27.0. The third kappa shape index (κ3) is 3.19. The first-order valence-corrected chi connectivity index (χ1v) is 7.05. The molecule has 24 heavy (non-hydrogen) atoms. The van der Waals surface area contributed by atoms with Gasteiger partial charge in [0.2, 0.25) is 11.7 Å². The molecule has 0 spiro atoms. The molecule has 0 bridgehead atoms. The van der Waals surface area contributed by atoms with Gasteiger partial charge >= 0.3 is 0 Å². The fourth-order valence-corrected chi connectivity index (χ4v) is 2.12. The summed E-state index contributed by atoms with van der Waals surface area (Å²) in [5.74, 6) is -1.19. The van der Waals surface area contributed by atoms with Crippen LogP contribution in [0, 0.1) is 5.82 Å². The van der Waals surface area contributed by atoms with E-state index in [9.17, 15) is 14.0 Å². The molecule has 1 aromatic heterocycles. The van der Waals surface area contributed by atoms with Crippen molar-refractivity contribution in [3.63, 3.8) is 0 Å². The van der Waals surface area contributed by atoms with Crippen LogP contribution < -0.4 is 5.32 Å². The van der Waals surface area contributed by atoms with Gasteiger partial charge in [-0.25, -0.2) is 4.39 Å². The van der Waals surface area contributed by atoms with E-state index >= 15 is 0 Å². The molecule has 3 aromatic rings. The molecule has 7 heteroatoms. The molecule has 2 amide bonds. The Morgan fingerprint density at radius 2 is 1.92 bits per heavy atom. The highest BCUT2D eigenvalue weighted by Crippen LogP contribution is 2.24. The molecule has 0 radical (unpaired) electrons. The van der Waals surface area contributed by atoms with E-state index in [2.05, 4.69) is 15.5 Å². The smallest absolute Gasteiger partial charge is 0.261 e. The minimum atomic E-state index is -0.526. The van der Waals surface area contributed by atoms with Crippen molar-refractivity contribution in [1.29, 1.82) is 0 Å². The summed E-state index contributed by atoms with van der Waals surface area (Å²) in [6.45, 7) is 1.25. The first-order chi connectivity index (χ1) is 11.5. The van der Waals surface area contributed by atoms with Gasteiger partial charge in [0.1, 0.15) is 5.82 Å². The predicted octanol–water partition coefficient (Wildman–Crippen LogP) is 2.82. The maximum atomic E-state index is 13.8. The number of nitrogens with one attached hydrogen (secondary N) is 1. The number of amides is 2. The van der Waals surface area contributed by atoms with Crippen molar-refractivity contribution < 1.29 is 18.5 Å².